The minimum atomic E-state index is -1.68. The number of rotatable bonds is 13. The van der Waals surface area contributed by atoms with Gasteiger partial charge in [0.05, 0.1) is 30.7 Å². The van der Waals surface area contributed by atoms with Crippen LogP contribution in [0.1, 0.15) is 151 Å². The molecule has 0 aliphatic carbocycles. The van der Waals surface area contributed by atoms with Gasteiger partial charge in [0.1, 0.15) is 36.3 Å². The van der Waals surface area contributed by atoms with Crippen LogP contribution in [0.4, 0.5) is 0 Å². The highest BCUT2D eigenvalue weighted by Gasteiger charge is 2.43. The normalized spacial score (nSPS) is 26.1. The summed E-state index contributed by atoms with van der Waals surface area (Å²) >= 11 is 0. The molecule has 98 heavy (non-hydrogen) atoms. The number of nitrogens with one attached hydrogen (secondary N) is 4. The Morgan fingerprint density at radius 2 is 1.05 bits per heavy atom. The fourth-order valence-electron chi connectivity index (χ4n) is 12.4. The van der Waals surface area contributed by atoms with Gasteiger partial charge in [-0.3, -0.25) is 62.3 Å². The second-order valence-corrected chi connectivity index (χ2v) is 28.3. The number of likely N-dealkylation sites (N-methyl/N-ethyl adjacent to an activating group) is 5. The van der Waals surface area contributed by atoms with Crippen molar-refractivity contribution < 1.29 is 67.4 Å². The summed E-state index contributed by atoms with van der Waals surface area (Å²) in [6.07, 6.45) is -0.0881. The van der Waals surface area contributed by atoms with Gasteiger partial charge in [0.15, 0.2) is 11.6 Å². The van der Waals surface area contributed by atoms with Crippen molar-refractivity contribution in [3.63, 3.8) is 0 Å². The molecule has 2 aromatic rings. The Morgan fingerprint density at radius 3 is 1.58 bits per heavy atom. The number of hydrogen-bond acceptors (Lipinski definition) is 14. The lowest BCUT2D eigenvalue weighted by Gasteiger charge is -2.38. The minimum Gasteiger partial charge on any atom is -0.391 e. The standard InChI is InChI=1S/C73H113N11O14/c1-18-47(8)65-69(94)74-43-63(90)81(15)57(39-52-30-24-20-25-31-52)68(93)77-64(50(11)85)73(98)80(14)49(10)67(92)75-55(36-44(2)3)59(86)40-53(70(95)84-33-26-21-27-34-84)41-62(89)78(12)35-32-61(88)79(13)48(9)66(91)76-56(38-51-28-22-19-23-29-51)60(87)42-54(46(6)7)71(96)82(16)58(37-45(4)5)72(97)83(65)17/h19-20,22-25,28-31,44-50,53-58,64-65,85H,18,21,26-27,32-43H2,1-17H3,(H,74,94)(H,75,92)(H,76,91)(H,77,93)/t47-,48-,49-,50+,53-,54-,55-,56-,57-,58-,64-,65-/m0/s1. The Hall–Kier alpha value is -8.09. The van der Waals surface area contributed by atoms with E-state index in [0.29, 0.717) is 30.6 Å². The van der Waals surface area contributed by atoms with Crippen LogP contribution in [0.15, 0.2) is 60.7 Å². The van der Waals surface area contributed by atoms with Crippen molar-refractivity contribution in [3.05, 3.63) is 71.8 Å². The number of nitrogens with zero attached hydrogens (tertiary/aromatic N) is 7. The predicted molar refractivity (Wildman–Crippen MR) is 372 cm³/mol. The topological polar surface area (TPSA) is 313 Å². The maximum atomic E-state index is 15.1. The summed E-state index contributed by atoms with van der Waals surface area (Å²) in [5.74, 6) is -11.7. The van der Waals surface area contributed by atoms with Crippen LogP contribution in [0, 0.1) is 35.5 Å². The molecule has 0 unspecified atom stereocenters. The fourth-order valence-corrected chi connectivity index (χ4v) is 12.4. The van der Waals surface area contributed by atoms with E-state index in [1.54, 1.807) is 86.3 Å². The molecule has 2 heterocycles. The Bertz CT molecular complexity index is 3070. The van der Waals surface area contributed by atoms with E-state index in [4.69, 9.17) is 0 Å². The summed E-state index contributed by atoms with van der Waals surface area (Å²) < 4.78 is 0. The molecule has 2 fully saturated rings. The van der Waals surface area contributed by atoms with E-state index in [2.05, 4.69) is 21.3 Å². The molecule has 0 saturated carbocycles. The largest absolute Gasteiger partial charge is 0.391 e. The lowest BCUT2D eigenvalue weighted by Crippen LogP contribution is -2.61. The van der Waals surface area contributed by atoms with E-state index in [1.165, 1.54) is 82.7 Å². The van der Waals surface area contributed by atoms with Gasteiger partial charge in [-0.15, -0.1) is 0 Å². The van der Waals surface area contributed by atoms with E-state index in [1.807, 2.05) is 34.6 Å². The fraction of sp³-hybridized carbons (Fsp3) is 0.658. The van der Waals surface area contributed by atoms with Crippen molar-refractivity contribution >= 4 is 76.5 Å². The molecule has 5 N–H and O–H groups in total. The van der Waals surface area contributed by atoms with Gasteiger partial charge in [-0.2, -0.15) is 0 Å². The highest BCUT2D eigenvalue weighted by Crippen LogP contribution is 2.27. The highest BCUT2D eigenvalue weighted by atomic mass is 16.3. The third kappa shape index (κ3) is 23.6. The number of piperidine rings is 1. The number of aliphatic hydroxyl groups is 1. The van der Waals surface area contributed by atoms with Gasteiger partial charge >= 0.3 is 0 Å². The van der Waals surface area contributed by atoms with Gasteiger partial charge in [0.25, 0.3) is 0 Å². The van der Waals surface area contributed by atoms with Crippen LogP contribution >= 0.6 is 0 Å². The van der Waals surface area contributed by atoms with Crippen molar-refractivity contribution in [2.45, 2.75) is 208 Å². The third-order valence-corrected chi connectivity index (χ3v) is 19.5. The molecule has 0 aromatic heterocycles. The average Bonchev–Trinajstić information content (AvgIpc) is 0.823. The van der Waals surface area contributed by atoms with Crippen LogP contribution < -0.4 is 21.3 Å². The summed E-state index contributed by atoms with van der Waals surface area (Å²) in [6.45, 7) is 18.8. The van der Waals surface area contributed by atoms with Crippen molar-refractivity contribution in [2.24, 2.45) is 35.5 Å². The average molecular weight is 1370 g/mol. The molecular weight excluding hydrogens is 1250 g/mol. The monoisotopic (exact) mass is 1370 g/mol. The lowest BCUT2D eigenvalue weighted by molar-refractivity contribution is -0.152. The molecule has 4 rings (SSSR count). The second kappa shape index (κ2) is 38.9. The van der Waals surface area contributed by atoms with Crippen LogP contribution in [-0.4, -0.2) is 239 Å². The SMILES string of the molecule is CC[C@H](C)[C@H]1C(=O)NCC(=O)N(C)[C@@H](Cc2ccccc2)C(=O)N[C@@H]([C@@H](C)O)C(=O)N(C)[C@@H](C)C(=O)N[C@@H](CC(C)C)C(=O)C[C@H](C(=O)N2CCCCC2)CC(=O)N(C)CCC(=O)N(C)[C@@H](C)C(=O)N[C@@H](Cc2ccccc2)C(=O)C[C@@H](C(C)C)C(=O)N(C)[C@@H](CC(C)C)C(=O)N1C. The molecule has 25 nitrogen and oxygen atoms in total. The molecule has 0 radical (unpaired) electrons. The van der Waals surface area contributed by atoms with Crippen molar-refractivity contribution in [1.82, 2.24) is 55.6 Å². The van der Waals surface area contributed by atoms with E-state index < -0.39 is 174 Å². The zero-order chi connectivity index (χ0) is 73.6. The number of ketones is 2. The van der Waals surface area contributed by atoms with Gasteiger partial charge in [-0.1, -0.05) is 122 Å². The number of likely N-dealkylation sites (tertiary alicyclic amines) is 1. The molecule has 2 aliphatic heterocycles. The van der Waals surface area contributed by atoms with Crippen LogP contribution in [-0.2, 0) is 75.2 Å². The summed E-state index contributed by atoms with van der Waals surface area (Å²) in [4.78, 5) is 198. The zero-order valence-electron chi connectivity index (χ0n) is 61.1. The zero-order valence-corrected chi connectivity index (χ0v) is 61.1. The number of amides is 11. The first-order valence-corrected chi connectivity index (χ1v) is 34.9. The van der Waals surface area contributed by atoms with Gasteiger partial charge in [0, 0.05) is 99.9 Å². The number of carbonyl (C=O) groups is 13. The maximum Gasteiger partial charge on any atom is 0.248 e. The second-order valence-electron chi connectivity index (χ2n) is 28.3. The molecular formula is C73H113N11O14. The van der Waals surface area contributed by atoms with Crippen molar-refractivity contribution in [3.8, 4) is 0 Å². The number of Topliss-reactive ketones (excluding diaryl/α,β-unsaturated/α-hetero) is 2. The van der Waals surface area contributed by atoms with Gasteiger partial charge < -0.3 is 60.7 Å². The van der Waals surface area contributed by atoms with Crippen molar-refractivity contribution in [1.29, 1.82) is 0 Å². The summed E-state index contributed by atoms with van der Waals surface area (Å²) in [7, 11) is 8.46. The Kier molecular flexibility index (Phi) is 32.7. The van der Waals surface area contributed by atoms with Crippen LogP contribution in [0.2, 0.25) is 0 Å². The first kappa shape index (κ1) is 82.3. The molecule has 2 aromatic carbocycles. The number of hydrogen-bond donors (Lipinski definition) is 5. The maximum absolute atomic E-state index is 15.1. The molecule has 0 bridgehead atoms. The smallest absolute Gasteiger partial charge is 0.248 e. The molecule has 2 aliphatic rings. The van der Waals surface area contributed by atoms with Gasteiger partial charge in [-0.25, -0.2) is 0 Å². The van der Waals surface area contributed by atoms with Crippen LogP contribution in [0.3, 0.4) is 0 Å². The van der Waals surface area contributed by atoms with Crippen LogP contribution in [0.5, 0.6) is 0 Å². The summed E-state index contributed by atoms with van der Waals surface area (Å²) in [5, 5.41) is 22.1. The van der Waals surface area contributed by atoms with E-state index in [-0.39, 0.29) is 56.9 Å². The Balaban J connectivity index is 1.83. The first-order valence-electron chi connectivity index (χ1n) is 34.9. The lowest BCUT2D eigenvalue weighted by atomic mass is 9.85. The van der Waals surface area contributed by atoms with Crippen LogP contribution in [0.25, 0.3) is 0 Å². The quantitative estimate of drug-likeness (QED) is 0.191. The molecule has 0 spiro atoms. The number of carbonyl (C=O) groups excluding carboxylic acids is 13. The van der Waals surface area contributed by atoms with E-state index in [9.17, 15) is 57.8 Å². The number of aliphatic hydroxyl groups excluding tert-OH is 1. The Labute approximate surface area is 580 Å². The van der Waals surface area contributed by atoms with E-state index >= 15 is 9.59 Å². The molecule has 25 heteroatoms. The van der Waals surface area contributed by atoms with E-state index in [0.717, 1.165) is 29.1 Å². The molecule has 12 atom stereocenters. The molecule has 11 amide bonds. The van der Waals surface area contributed by atoms with Gasteiger partial charge in [0.2, 0.25) is 65.0 Å². The molecule has 544 valence electrons. The Morgan fingerprint density at radius 1 is 0.520 bits per heavy atom. The minimum absolute atomic E-state index is 0.0323. The summed E-state index contributed by atoms with van der Waals surface area (Å²) in [5.41, 5.74) is 1.31. The first-order chi connectivity index (χ1) is 46.0. The predicted octanol–water partition coefficient (Wildman–Crippen LogP) is 3.81. The van der Waals surface area contributed by atoms with Crippen molar-refractivity contribution in [2.75, 3.05) is 68.5 Å². The summed E-state index contributed by atoms with van der Waals surface area (Å²) in [6, 6.07) is 7.46. The number of benzene rings is 2. The molecule has 2 saturated heterocycles. The highest BCUT2D eigenvalue weighted by molar-refractivity contribution is 5.99. The third-order valence-electron chi connectivity index (χ3n) is 19.5. The van der Waals surface area contributed by atoms with Gasteiger partial charge in [-0.05, 0) is 94.1 Å².